The Balaban J connectivity index is 1.40. The zero-order valence-corrected chi connectivity index (χ0v) is 34.7. The Morgan fingerprint density at radius 1 is 0.645 bits per heavy atom. The molecule has 1 N–H and O–H groups in total. The Labute approximate surface area is 360 Å². The zero-order chi connectivity index (χ0) is 43.5. The minimum absolute atomic E-state index is 0.0596. The third-order valence-corrected chi connectivity index (χ3v) is 10.2. The molecular formula is C46H53N3O13. The lowest BCUT2D eigenvalue weighted by molar-refractivity contribution is -0.369. The number of hydrogen-bond donors (Lipinski definition) is 1. The van der Waals surface area contributed by atoms with Crippen LogP contribution < -0.4 is 0 Å². The van der Waals surface area contributed by atoms with Gasteiger partial charge in [0.25, 0.3) is 0 Å². The number of carbonyl (C=O) groups excluding carboxylic acids is 2. The number of ether oxygens (including phenoxy) is 10. The smallest absolute Gasteiger partial charge is 0.337 e. The van der Waals surface area contributed by atoms with Crippen molar-refractivity contribution >= 4 is 11.9 Å². The van der Waals surface area contributed by atoms with Gasteiger partial charge < -0.3 is 52.5 Å². The lowest BCUT2D eigenvalue weighted by Gasteiger charge is -2.49. The number of benzene rings is 4. The number of azide groups is 1. The second-order valence-corrected chi connectivity index (χ2v) is 14.6. The quantitative estimate of drug-likeness (QED) is 0.0319. The Hall–Kier alpha value is -5.23. The first-order chi connectivity index (χ1) is 30.3. The highest BCUT2D eigenvalue weighted by Gasteiger charge is 2.56. The van der Waals surface area contributed by atoms with Crippen LogP contribution in [-0.4, -0.2) is 105 Å². The summed E-state index contributed by atoms with van der Waals surface area (Å²) in [6.07, 6.45) is -12.0. The molecule has 62 heavy (non-hydrogen) atoms. The number of hydrogen-bond acceptors (Lipinski definition) is 14. The van der Waals surface area contributed by atoms with E-state index in [1.54, 1.807) is 0 Å². The number of aliphatic hydroxyl groups excluding tert-OH is 1. The largest absolute Gasteiger partial charge is 0.467 e. The number of rotatable bonds is 22. The fraction of sp³-hybridized carbons (Fsp3) is 0.435. The number of carbonyl (C=O) groups is 2. The average molecular weight is 856 g/mol. The molecule has 4 aromatic rings. The molecule has 330 valence electrons. The molecule has 0 spiro atoms. The van der Waals surface area contributed by atoms with E-state index < -0.39 is 73.4 Å². The number of aliphatic hydroxyl groups is 1. The van der Waals surface area contributed by atoms with Crippen LogP contribution in [0.25, 0.3) is 10.4 Å². The molecule has 6 rings (SSSR count). The molecule has 2 aliphatic rings. The van der Waals surface area contributed by atoms with Crippen LogP contribution in [0.5, 0.6) is 0 Å². The van der Waals surface area contributed by atoms with Gasteiger partial charge in [-0.2, -0.15) is 0 Å². The van der Waals surface area contributed by atoms with Gasteiger partial charge in [0.15, 0.2) is 18.7 Å². The van der Waals surface area contributed by atoms with Crippen molar-refractivity contribution < 1.29 is 62.1 Å². The van der Waals surface area contributed by atoms with Crippen LogP contribution in [0.1, 0.15) is 35.6 Å². The fourth-order valence-electron chi connectivity index (χ4n) is 7.07. The van der Waals surface area contributed by atoms with Gasteiger partial charge in [0.05, 0.1) is 33.5 Å². The maximum Gasteiger partial charge on any atom is 0.337 e. The molecule has 16 nitrogen and oxygen atoms in total. The van der Waals surface area contributed by atoms with Gasteiger partial charge in [-0.25, -0.2) is 4.79 Å². The third-order valence-electron chi connectivity index (χ3n) is 10.2. The molecule has 10 atom stereocenters. The first kappa shape index (κ1) is 46.3. The van der Waals surface area contributed by atoms with Crippen LogP contribution >= 0.6 is 0 Å². The third kappa shape index (κ3) is 13.4. The summed E-state index contributed by atoms with van der Waals surface area (Å²) in [5.74, 6) is -1.40. The van der Waals surface area contributed by atoms with E-state index in [9.17, 15) is 14.7 Å². The van der Waals surface area contributed by atoms with E-state index in [-0.39, 0.29) is 46.2 Å². The topological polar surface area (TPSA) is 195 Å². The van der Waals surface area contributed by atoms with Gasteiger partial charge in [0.2, 0.25) is 0 Å². The summed E-state index contributed by atoms with van der Waals surface area (Å²) >= 11 is 0. The van der Waals surface area contributed by atoms with Crippen LogP contribution in [0.15, 0.2) is 126 Å². The fourth-order valence-corrected chi connectivity index (χ4v) is 7.07. The molecule has 0 saturated carbocycles. The van der Waals surface area contributed by atoms with Crippen LogP contribution in [0.4, 0.5) is 0 Å². The van der Waals surface area contributed by atoms with Crippen molar-refractivity contribution in [3.63, 3.8) is 0 Å². The van der Waals surface area contributed by atoms with Crippen LogP contribution in [0, 0.1) is 0 Å². The van der Waals surface area contributed by atoms with E-state index in [2.05, 4.69) is 10.0 Å². The normalized spacial score (nSPS) is 25.9. The molecule has 0 aliphatic carbocycles. The van der Waals surface area contributed by atoms with Crippen molar-refractivity contribution in [1.82, 2.24) is 0 Å². The molecule has 2 saturated heterocycles. The molecule has 0 bridgehead atoms. The zero-order valence-electron chi connectivity index (χ0n) is 34.7. The summed E-state index contributed by atoms with van der Waals surface area (Å²) in [4.78, 5) is 28.8. The van der Waals surface area contributed by atoms with Gasteiger partial charge >= 0.3 is 11.9 Å². The SMILES string of the molecule is COC(=O)[C@H]1O[C@@H](OCCCN=[N+]=[N-])[C@@H](OCc2ccccc2)[C@@H](OCc2ccccc2)[C@@H]1O[C@@H]1O[C@@H](COC(C)=O)[C@@H](O)[C@H](OCc2ccccc2)[C@@H]1OCc1ccccc1. The Bertz CT molecular complexity index is 1980. The maximum atomic E-state index is 13.9. The van der Waals surface area contributed by atoms with E-state index in [0.717, 1.165) is 22.3 Å². The highest BCUT2D eigenvalue weighted by molar-refractivity contribution is 5.75. The summed E-state index contributed by atoms with van der Waals surface area (Å²) < 4.78 is 63.0. The molecule has 2 aliphatic heterocycles. The van der Waals surface area contributed by atoms with Crippen molar-refractivity contribution in [1.29, 1.82) is 0 Å². The molecule has 0 radical (unpaired) electrons. The van der Waals surface area contributed by atoms with E-state index in [4.69, 9.17) is 52.9 Å². The standard InChI is InChI=1S/C46H53N3O13/c1-31(50)55-30-36-37(51)38(56-26-32-16-7-3-8-17-32)42(58-28-34-20-11-5-12-21-34)46(60-36)61-40-39(57-27-33-18-9-4-10-19-33)43(59-29-35-22-13-6-14-23-35)45(54-25-15-24-48-49-47)62-41(40)44(52)53-2/h3-14,16-23,36-43,45-46,51H,15,24-30H2,1-2H3/t36-,37+,38-,39-,40-,41-,42-,43-,45+,46-/m0/s1. The minimum atomic E-state index is -1.49. The lowest BCUT2D eigenvalue weighted by atomic mass is 9.95. The highest BCUT2D eigenvalue weighted by Crippen LogP contribution is 2.36. The van der Waals surface area contributed by atoms with Crippen molar-refractivity contribution in [3.05, 3.63) is 154 Å². The minimum Gasteiger partial charge on any atom is -0.467 e. The highest BCUT2D eigenvalue weighted by atomic mass is 16.8. The molecule has 2 heterocycles. The van der Waals surface area contributed by atoms with Gasteiger partial charge in [-0.15, -0.1) is 0 Å². The maximum absolute atomic E-state index is 13.9. The summed E-state index contributed by atoms with van der Waals surface area (Å²) in [5.41, 5.74) is 12.1. The van der Waals surface area contributed by atoms with Gasteiger partial charge in [0, 0.05) is 25.0 Å². The summed E-state index contributed by atoms with van der Waals surface area (Å²) in [7, 11) is 1.22. The van der Waals surface area contributed by atoms with E-state index >= 15 is 0 Å². The van der Waals surface area contributed by atoms with Crippen molar-refractivity contribution in [3.8, 4) is 0 Å². The molecule has 16 heteroatoms. The van der Waals surface area contributed by atoms with Gasteiger partial charge in [-0.1, -0.05) is 126 Å². The van der Waals surface area contributed by atoms with Crippen molar-refractivity contribution in [2.75, 3.05) is 26.9 Å². The van der Waals surface area contributed by atoms with Crippen molar-refractivity contribution in [2.24, 2.45) is 5.11 Å². The van der Waals surface area contributed by atoms with Gasteiger partial charge in [-0.05, 0) is 34.2 Å². The predicted octanol–water partition coefficient (Wildman–Crippen LogP) is 5.98. The van der Waals surface area contributed by atoms with Crippen LogP contribution in [0.2, 0.25) is 0 Å². The number of esters is 2. The molecule has 2 fully saturated rings. The predicted molar refractivity (Wildman–Crippen MR) is 222 cm³/mol. The Morgan fingerprint density at radius 3 is 1.58 bits per heavy atom. The first-order valence-corrected chi connectivity index (χ1v) is 20.4. The van der Waals surface area contributed by atoms with Crippen LogP contribution in [0.3, 0.4) is 0 Å². The molecule has 0 unspecified atom stereocenters. The molecule has 0 aromatic heterocycles. The van der Waals surface area contributed by atoms with Gasteiger partial charge in [0.1, 0.15) is 49.3 Å². The summed E-state index contributed by atoms with van der Waals surface area (Å²) in [6.45, 7) is 1.44. The monoisotopic (exact) mass is 855 g/mol. The van der Waals surface area contributed by atoms with E-state index in [1.165, 1.54) is 14.0 Å². The second-order valence-electron chi connectivity index (χ2n) is 14.6. The Kier molecular flexibility index (Phi) is 18.2. The van der Waals surface area contributed by atoms with E-state index in [1.807, 2.05) is 121 Å². The molecular weight excluding hydrogens is 803 g/mol. The second kappa shape index (κ2) is 24.4. The first-order valence-electron chi connectivity index (χ1n) is 20.4. The average Bonchev–Trinajstić information content (AvgIpc) is 3.30. The summed E-state index contributed by atoms with van der Waals surface area (Å²) in [6, 6.07) is 37.7. The summed E-state index contributed by atoms with van der Waals surface area (Å²) in [5, 5.41) is 15.5. The van der Waals surface area contributed by atoms with Crippen molar-refractivity contribution in [2.45, 2.75) is 101 Å². The van der Waals surface area contributed by atoms with E-state index in [0.29, 0.717) is 6.42 Å². The number of nitrogens with zero attached hydrogens (tertiary/aromatic N) is 3. The van der Waals surface area contributed by atoms with Crippen LogP contribution in [-0.2, 0) is 83.4 Å². The van der Waals surface area contributed by atoms with Gasteiger partial charge in [-0.3, -0.25) is 4.79 Å². The number of methoxy groups -OCH3 is 1. The Morgan fingerprint density at radius 2 is 1.11 bits per heavy atom. The molecule has 0 amide bonds. The lowest BCUT2D eigenvalue weighted by Crippen LogP contribution is -2.66. The molecule has 4 aromatic carbocycles.